The lowest BCUT2D eigenvalue weighted by Gasteiger charge is -2.21. The second-order valence-electron chi connectivity index (χ2n) is 3.98. The molecule has 1 amide bonds. The van der Waals surface area contributed by atoms with E-state index >= 15 is 0 Å². The number of halogens is 1. The highest BCUT2D eigenvalue weighted by molar-refractivity contribution is 9.09. The number of aromatic hydroxyl groups is 1. The number of ether oxygens (including phenoxy) is 1. The highest BCUT2D eigenvalue weighted by Crippen LogP contribution is 2.18. The van der Waals surface area contributed by atoms with Gasteiger partial charge in [0, 0.05) is 31.1 Å². The molecule has 1 rings (SSSR count). The zero-order valence-electron chi connectivity index (χ0n) is 10.6. The van der Waals surface area contributed by atoms with Gasteiger partial charge in [0.15, 0.2) is 0 Å². The Balaban J connectivity index is 2.83. The number of aryl methyl sites for hydroxylation is 1. The minimum atomic E-state index is -0.0467. The number of hydrogen-bond donors (Lipinski definition) is 1. The zero-order chi connectivity index (χ0) is 13.5. The van der Waals surface area contributed by atoms with Crippen molar-refractivity contribution in [2.75, 3.05) is 32.1 Å². The SMILES string of the molecule is COCCN(CCBr)C(=O)c1ccc(O)c(C)c1. The number of carbonyl (C=O) groups excluding carboxylic acids is 1. The zero-order valence-corrected chi connectivity index (χ0v) is 12.2. The number of phenolic OH excluding ortho intramolecular Hbond substituents is 1. The van der Waals surface area contributed by atoms with E-state index in [1.54, 1.807) is 37.1 Å². The third-order valence-electron chi connectivity index (χ3n) is 2.65. The second-order valence-corrected chi connectivity index (χ2v) is 4.77. The highest BCUT2D eigenvalue weighted by atomic mass is 79.9. The van der Waals surface area contributed by atoms with Crippen molar-refractivity contribution >= 4 is 21.8 Å². The molecule has 1 N–H and O–H groups in total. The number of amides is 1. The molecule has 100 valence electrons. The van der Waals surface area contributed by atoms with E-state index in [4.69, 9.17) is 4.74 Å². The van der Waals surface area contributed by atoms with Gasteiger partial charge in [0.1, 0.15) is 5.75 Å². The Labute approximate surface area is 116 Å². The van der Waals surface area contributed by atoms with Crippen LogP contribution in [-0.4, -0.2) is 48.0 Å². The first-order chi connectivity index (χ1) is 8.60. The molecule has 0 bridgehead atoms. The first kappa shape index (κ1) is 15.0. The molecule has 5 heteroatoms. The van der Waals surface area contributed by atoms with Crippen molar-refractivity contribution < 1.29 is 14.6 Å². The smallest absolute Gasteiger partial charge is 0.253 e. The second kappa shape index (κ2) is 7.38. The van der Waals surface area contributed by atoms with Crippen LogP contribution in [0.5, 0.6) is 5.75 Å². The standard InChI is InChI=1S/C13H18BrNO3/c1-10-9-11(3-4-12(10)16)13(17)15(6-5-14)7-8-18-2/h3-4,9,16H,5-8H2,1-2H3. The van der Waals surface area contributed by atoms with Gasteiger partial charge in [-0.1, -0.05) is 15.9 Å². The predicted octanol–water partition coefficient (Wildman–Crippen LogP) is 2.18. The monoisotopic (exact) mass is 315 g/mol. The van der Waals surface area contributed by atoms with Gasteiger partial charge in [-0.15, -0.1) is 0 Å². The molecule has 0 aliphatic rings. The molecular formula is C13H18BrNO3. The molecule has 0 fully saturated rings. The number of carbonyl (C=O) groups is 1. The van der Waals surface area contributed by atoms with Crippen LogP contribution < -0.4 is 0 Å². The van der Waals surface area contributed by atoms with Crippen molar-refractivity contribution in [3.63, 3.8) is 0 Å². The summed E-state index contributed by atoms with van der Waals surface area (Å²) in [6.45, 7) is 3.47. The van der Waals surface area contributed by atoms with Gasteiger partial charge in [-0.25, -0.2) is 0 Å². The maximum atomic E-state index is 12.3. The van der Waals surface area contributed by atoms with Crippen LogP contribution in [0.15, 0.2) is 18.2 Å². The van der Waals surface area contributed by atoms with Gasteiger partial charge in [0.2, 0.25) is 0 Å². The molecule has 18 heavy (non-hydrogen) atoms. The van der Waals surface area contributed by atoms with Gasteiger partial charge in [0.05, 0.1) is 6.61 Å². The minimum absolute atomic E-state index is 0.0467. The fraction of sp³-hybridized carbons (Fsp3) is 0.462. The number of hydrogen-bond acceptors (Lipinski definition) is 3. The first-order valence-electron chi connectivity index (χ1n) is 5.74. The van der Waals surface area contributed by atoms with Crippen molar-refractivity contribution in [1.82, 2.24) is 4.90 Å². The topological polar surface area (TPSA) is 49.8 Å². The molecule has 4 nitrogen and oxygen atoms in total. The summed E-state index contributed by atoms with van der Waals surface area (Å²) in [7, 11) is 1.61. The van der Waals surface area contributed by atoms with E-state index < -0.39 is 0 Å². The normalized spacial score (nSPS) is 10.4. The molecule has 0 atom stereocenters. The van der Waals surface area contributed by atoms with E-state index in [9.17, 15) is 9.90 Å². The molecule has 0 heterocycles. The summed E-state index contributed by atoms with van der Waals surface area (Å²) in [6, 6.07) is 4.88. The predicted molar refractivity (Wildman–Crippen MR) is 74.4 cm³/mol. The molecule has 0 unspecified atom stereocenters. The van der Waals surface area contributed by atoms with Crippen molar-refractivity contribution in [3.8, 4) is 5.75 Å². The maximum Gasteiger partial charge on any atom is 0.253 e. The number of methoxy groups -OCH3 is 1. The van der Waals surface area contributed by atoms with E-state index in [0.717, 1.165) is 5.33 Å². The van der Waals surface area contributed by atoms with E-state index in [0.29, 0.717) is 30.8 Å². The molecule has 0 saturated heterocycles. The Morgan fingerprint density at radius 1 is 1.44 bits per heavy atom. The fourth-order valence-corrected chi connectivity index (χ4v) is 2.02. The average molecular weight is 316 g/mol. The summed E-state index contributed by atoms with van der Waals surface area (Å²) in [5.74, 6) is 0.157. The van der Waals surface area contributed by atoms with Crippen LogP contribution >= 0.6 is 15.9 Å². The summed E-state index contributed by atoms with van der Waals surface area (Å²) in [5, 5.41) is 10.2. The molecule has 0 aliphatic carbocycles. The van der Waals surface area contributed by atoms with Crippen LogP contribution in [0.4, 0.5) is 0 Å². The van der Waals surface area contributed by atoms with Crippen LogP contribution in [0, 0.1) is 6.92 Å². The van der Waals surface area contributed by atoms with Gasteiger partial charge < -0.3 is 14.7 Å². The van der Waals surface area contributed by atoms with Crippen molar-refractivity contribution in [2.24, 2.45) is 0 Å². The van der Waals surface area contributed by atoms with Crippen LogP contribution in [0.2, 0.25) is 0 Å². The Hall–Kier alpha value is -1.07. The van der Waals surface area contributed by atoms with E-state index in [1.165, 1.54) is 0 Å². The van der Waals surface area contributed by atoms with Gasteiger partial charge in [0.25, 0.3) is 5.91 Å². The molecule has 0 aliphatic heterocycles. The van der Waals surface area contributed by atoms with E-state index in [2.05, 4.69) is 15.9 Å². The molecule has 0 radical (unpaired) electrons. The van der Waals surface area contributed by atoms with Crippen molar-refractivity contribution in [3.05, 3.63) is 29.3 Å². The maximum absolute atomic E-state index is 12.3. The number of benzene rings is 1. The summed E-state index contributed by atoms with van der Waals surface area (Å²) in [4.78, 5) is 14.0. The molecular weight excluding hydrogens is 298 g/mol. The number of rotatable bonds is 6. The largest absolute Gasteiger partial charge is 0.508 e. The average Bonchev–Trinajstić information content (AvgIpc) is 2.37. The van der Waals surface area contributed by atoms with Crippen LogP contribution in [0.1, 0.15) is 15.9 Å². The fourth-order valence-electron chi connectivity index (χ4n) is 1.59. The minimum Gasteiger partial charge on any atom is -0.508 e. The summed E-state index contributed by atoms with van der Waals surface area (Å²) < 4.78 is 5.00. The molecule has 0 aromatic heterocycles. The highest BCUT2D eigenvalue weighted by Gasteiger charge is 2.15. The number of alkyl halides is 1. The summed E-state index contributed by atoms with van der Waals surface area (Å²) in [5.41, 5.74) is 1.29. The van der Waals surface area contributed by atoms with Crippen molar-refractivity contribution in [1.29, 1.82) is 0 Å². The molecule has 0 spiro atoms. The van der Waals surface area contributed by atoms with Gasteiger partial charge in [-0.3, -0.25) is 4.79 Å². The lowest BCUT2D eigenvalue weighted by molar-refractivity contribution is 0.0709. The van der Waals surface area contributed by atoms with E-state index in [1.807, 2.05) is 0 Å². The van der Waals surface area contributed by atoms with Crippen LogP contribution in [0.25, 0.3) is 0 Å². The van der Waals surface area contributed by atoms with E-state index in [-0.39, 0.29) is 11.7 Å². The van der Waals surface area contributed by atoms with Gasteiger partial charge >= 0.3 is 0 Å². The summed E-state index contributed by atoms with van der Waals surface area (Å²) in [6.07, 6.45) is 0. The van der Waals surface area contributed by atoms with Crippen LogP contribution in [0.3, 0.4) is 0 Å². The third kappa shape index (κ3) is 3.99. The quantitative estimate of drug-likeness (QED) is 0.819. The van der Waals surface area contributed by atoms with Gasteiger partial charge in [-0.05, 0) is 30.7 Å². The lowest BCUT2D eigenvalue weighted by atomic mass is 10.1. The van der Waals surface area contributed by atoms with Crippen molar-refractivity contribution in [2.45, 2.75) is 6.92 Å². The number of nitrogens with zero attached hydrogens (tertiary/aromatic N) is 1. The van der Waals surface area contributed by atoms with Crippen LogP contribution in [-0.2, 0) is 4.74 Å². The molecule has 1 aromatic carbocycles. The Morgan fingerprint density at radius 2 is 2.17 bits per heavy atom. The molecule has 1 aromatic rings. The first-order valence-corrected chi connectivity index (χ1v) is 6.86. The number of phenols is 1. The van der Waals surface area contributed by atoms with Gasteiger partial charge in [-0.2, -0.15) is 0 Å². The molecule has 0 saturated carbocycles. The third-order valence-corrected chi connectivity index (χ3v) is 3.01. The lowest BCUT2D eigenvalue weighted by Crippen LogP contribution is -2.35. The summed E-state index contributed by atoms with van der Waals surface area (Å²) >= 11 is 3.33. The Morgan fingerprint density at radius 3 is 2.72 bits per heavy atom. The Bertz CT molecular complexity index is 409. The Kier molecular flexibility index (Phi) is 6.15.